The van der Waals surface area contributed by atoms with Crippen molar-refractivity contribution in [3.63, 3.8) is 0 Å². The van der Waals surface area contributed by atoms with Crippen LogP contribution in [0.2, 0.25) is 0 Å². The Labute approximate surface area is 121 Å². The lowest BCUT2D eigenvalue weighted by atomic mass is 9.56. The minimum absolute atomic E-state index is 0.116. The first-order chi connectivity index (χ1) is 9.60. The molecule has 20 heavy (non-hydrogen) atoms. The Balaban J connectivity index is 2.02. The number of fused-ring (bicyclic) bond motifs is 2. The van der Waals surface area contributed by atoms with Crippen LogP contribution in [0.25, 0.3) is 0 Å². The fourth-order valence-corrected chi connectivity index (χ4v) is 4.23. The summed E-state index contributed by atoms with van der Waals surface area (Å²) in [6.07, 6.45) is 2.47. The van der Waals surface area contributed by atoms with Gasteiger partial charge in [0.1, 0.15) is 0 Å². The monoisotopic (exact) mass is 272 g/mol. The maximum atomic E-state index is 9.97. The van der Waals surface area contributed by atoms with Gasteiger partial charge in [0.15, 0.2) is 0 Å². The summed E-state index contributed by atoms with van der Waals surface area (Å²) in [5.74, 6) is 1.18. The van der Waals surface area contributed by atoms with Crippen molar-refractivity contribution in [3.8, 4) is 0 Å². The van der Waals surface area contributed by atoms with Gasteiger partial charge in [-0.05, 0) is 24.3 Å². The topological polar surface area (TPSA) is 29.5 Å². The van der Waals surface area contributed by atoms with Gasteiger partial charge in [-0.25, -0.2) is 0 Å². The molecule has 2 aliphatic rings. The van der Waals surface area contributed by atoms with Crippen LogP contribution in [0.4, 0.5) is 0 Å². The lowest BCUT2D eigenvalue weighted by Crippen LogP contribution is -2.53. The van der Waals surface area contributed by atoms with Crippen LogP contribution in [0.5, 0.6) is 0 Å². The molecule has 1 aromatic carbocycles. The van der Waals surface area contributed by atoms with Crippen LogP contribution in [0, 0.1) is 23.2 Å². The van der Waals surface area contributed by atoms with E-state index in [-0.39, 0.29) is 18.1 Å². The highest BCUT2D eigenvalue weighted by Crippen LogP contribution is 2.55. The molecule has 0 saturated carbocycles. The van der Waals surface area contributed by atoms with Gasteiger partial charge < -0.3 is 9.84 Å². The first-order valence-electron chi connectivity index (χ1n) is 7.56. The summed E-state index contributed by atoms with van der Waals surface area (Å²) in [5.41, 5.74) is 2.54. The third kappa shape index (κ3) is 1.86. The van der Waals surface area contributed by atoms with Gasteiger partial charge in [-0.3, -0.25) is 0 Å². The number of hydrogen-bond acceptors (Lipinski definition) is 2. The molecular weight excluding hydrogens is 248 g/mol. The highest BCUT2D eigenvalue weighted by atomic mass is 16.5. The molecule has 108 valence electrons. The number of allylic oxidation sites excluding steroid dienone is 1. The Kier molecular flexibility index (Phi) is 3.47. The maximum Gasteiger partial charge on any atom is 0.0893 e. The van der Waals surface area contributed by atoms with E-state index < -0.39 is 0 Å². The van der Waals surface area contributed by atoms with Crippen molar-refractivity contribution in [1.29, 1.82) is 0 Å². The quantitative estimate of drug-likeness (QED) is 0.834. The van der Waals surface area contributed by atoms with Crippen molar-refractivity contribution in [2.45, 2.75) is 26.9 Å². The van der Waals surface area contributed by atoms with E-state index >= 15 is 0 Å². The van der Waals surface area contributed by atoms with Crippen LogP contribution in [-0.4, -0.2) is 18.3 Å². The third-order valence-electron chi connectivity index (χ3n) is 5.67. The molecular formula is C18H24O2. The van der Waals surface area contributed by atoms with Gasteiger partial charge in [0, 0.05) is 11.3 Å². The van der Waals surface area contributed by atoms with Gasteiger partial charge in [0.25, 0.3) is 0 Å². The molecule has 1 fully saturated rings. The van der Waals surface area contributed by atoms with Crippen molar-refractivity contribution in [2.75, 3.05) is 13.2 Å². The number of ether oxygens (including phenoxy) is 1. The lowest BCUT2D eigenvalue weighted by Gasteiger charge is -2.55. The molecule has 2 nitrogen and oxygen atoms in total. The van der Waals surface area contributed by atoms with Gasteiger partial charge in [-0.1, -0.05) is 55.8 Å². The van der Waals surface area contributed by atoms with E-state index in [2.05, 4.69) is 51.1 Å². The van der Waals surface area contributed by atoms with E-state index in [9.17, 15) is 5.11 Å². The Hall–Kier alpha value is -1.12. The molecule has 2 bridgehead atoms. The van der Waals surface area contributed by atoms with E-state index in [4.69, 9.17) is 4.74 Å². The third-order valence-corrected chi connectivity index (χ3v) is 5.67. The van der Waals surface area contributed by atoms with Gasteiger partial charge >= 0.3 is 0 Å². The predicted molar refractivity (Wildman–Crippen MR) is 80.2 cm³/mol. The number of aliphatic hydroxyl groups excluding tert-OH is 1. The number of hydrogen-bond donors (Lipinski definition) is 1. The zero-order valence-electron chi connectivity index (χ0n) is 12.5. The number of rotatable bonds is 2. The smallest absolute Gasteiger partial charge is 0.0893 e. The summed E-state index contributed by atoms with van der Waals surface area (Å²) in [5, 5.41) is 9.97. The summed E-state index contributed by atoms with van der Waals surface area (Å²) in [7, 11) is 0. The molecule has 0 amide bonds. The minimum Gasteiger partial charge on any atom is -0.396 e. The van der Waals surface area contributed by atoms with Crippen LogP contribution in [0.3, 0.4) is 0 Å². The molecule has 0 radical (unpaired) electrons. The second-order valence-electron chi connectivity index (χ2n) is 6.55. The Morgan fingerprint density at radius 1 is 1.25 bits per heavy atom. The van der Waals surface area contributed by atoms with Crippen molar-refractivity contribution in [3.05, 3.63) is 47.5 Å². The van der Waals surface area contributed by atoms with Gasteiger partial charge in [0.2, 0.25) is 0 Å². The number of aliphatic hydroxyl groups is 1. The molecule has 0 unspecified atom stereocenters. The van der Waals surface area contributed by atoms with Gasteiger partial charge in [-0.2, -0.15) is 0 Å². The second-order valence-corrected chi connectivity index (χ2v) is 6.55. The van der Waals surface area contributed by atoms with E-state index in [1.54, 1.807) is 0 Å². The number of benzene rings is 1. The minimum atomic E-state index is -0.116. The first-order valence-corrected chi connectivity index (χ1v) is 7.56. The molecule has 1 aliphatic carbocycles. The van der Waals surface area contributed by atoms with Gasteiger partial charge in [0.05, 0.1) is 19.3 Å². The van der Waals surface area contributed by atoms with Crippen molar-refractivity contribution < 1.29 is 9.84 Å². The van der Waals surface area contributed by atoms with Crippen molar-refractivity contribution in [1.82, 2.24) is 0 Å². The standard InChI is InChI=1S/C18H24O2/c1-12-9-13(2)18(10-19)11-20-17(16(12)14(18)3)15-7-5-4-6-8-15/h4-9,13-14,16-17,19H,10-11H2,1-3H3/t13-,14+,16-,17+,18-/m0/s1. The van der Waals surface area contributed by atoms with Crippen LogP contribution >= 0.6 is 0 Å². The molecule has 0 spiro atoms. The molecule has 1 heterocycles. The van der Waals surface area contributed by atoms with E-state index in [0.29, 0.717) is 24.4 Å². The SMILES string of the molecule is CC1=C[C@H](C)[C@]2(CO)CO[C@H](c3ccccc3)[C@@H]1[C@H]2C. The fourth-order valence-electron chi connectivity index (χ4n) is 4.23. The average molecular weight is 272 g/mol. The largest absolute Gasteiger partial charge is 0.396 e. The van der Waals surface area contributed by atoms with E-state index in [1.807, 2.05) is 6.07 Å². The van der Waals surface area contributed by atoms with Crippen LogP contribution in [0.1, 0.15) is 32.4 Å². The lowest BCUT2D eigenvalue weighted by molar-refractivity contribution is -0.165. The Morgan fingerprint density at radius 2 is 1.95 bits per heavy atom. The second kappa shape index (κ2) is 5.01. The summed E-state index contributed by atoms with van der Waals surface area (Å²) >= 11 is 0. The normalized spacial score (nSPS) is 40.3. The fraction of sp³-hybridized carbons (Fsp3) is 0.556. The Bertz CT molecular complexity index is 507. The first kappa shape index (κ1) is 13.8. The highest BCUT2D eigenvalue weighted by molar-refractivity contribution is 5.27. The molecule has 1 aromatic rings. The molecule has 1 N–H and O–H groups in total. The Morgan fingerprint density at radius 3 is 2.60 bits per heavy atom. The van der Waals surface area contributed by atoms with Crippen molar-refractivity contribution >= 4 is 0 Å². The average Bonchev–Trinajstić information content (AvgIpc) is 2.46. The molecule has 3 rings (SSSR count). The zero-order valence-corrected chi connectivity index (χ0v) is 12.5. The summed E-state index contributed by atoms with van der Waals surface area (Å²) in [4.78, 5) is 0. The van der Waals surface area contributed by atoms with Crippen molar-refractivity contribution in [2.24, 2.45) is 23.2 Å². The molecule has 2 heteroatoms. The molecule has 5 atom stereocenters. The zero-order chi connectivity index (χ0) is 14.3. The van der Waals surface area contributed by atoms with E-state index in [1.165, 1.54) is 11.1 Å². The van der Waals surface area contributed by atoms with Gasteiger partial charge in [-0.15, -0.1) is 0 Å². The maximum absolute atomic E-state index is 9.97. The van der Waals surface area contributed by atoms with E-state index in [0.717, 1.165) is 0 Å². The summed E-state index contributed by atoms with van der Waals surface area (Å²) in [6.45, 7) is 7.55. The summed E-state index contributed by atoms with van der Waals surface area (Å²) in [6, 6.07) is 10.5. The molecule has 1 aliphatic heterocycles. The van der Waals surface area contributed by atoms with Crippen LogP contribution in [0.15, 0.2) is 42.0 Å². The predicted octanol–water partition coefficient (Wildman–Crippen LogP) is 3.58. The molecule has 0 aromatic heterocycles. The molecule has 1 saturated heterocycles. The van der Waals surface area contributed by atoms with Crippen LogP contribution in [-0.2, 0) is 4.74 Å². The summed E-state index contributed by atoms with van der Waals surface area (Å²) < 4.78 is 6.24. The van der Waals surface area contributed by atoms with Crippen LogP contribution < -0.4 is 0 Å². The highest BCUT2D eigenvalue weighted by Gasteiger charge is 2.53.